The van der Waals surface area contributed by atoms with Crippen molar-refractivity contribution < 1.29 is 0 Å². The normalized spacial score (nSPS) is 23.5. The van der Waals surface area contributed by atoms with Gasteiger partial charge in [0.1, 0.15) is 0 Å². The molecule has 110 valence electrons. The van der Waals surface area contributed by atoms with E-state index in [1.807, 2.05) is 0 Å². The van der Waals surface area contributed by atoms with Crippen LogP contribution in [0.4, 0.5) is 5.69 Å². The lowest BCUT2D eigenvalue weighted by atomic mass is 9.80. The standard InChI is InChI=1S/C18H22N2S/c1-13-8-4-5-9-16(13)20-14(2)15-12-19-21-17(15)18(20)10-6-3-7-11-18/h4-5,8-9,12,14H,3,6-7,10-11H2,1-2H3/t14-/m0/s1. The Kier molecular flexibility index (Phi) is 3.07. The number of anilines is 1. The fourth-order valence-electron chi connectivity index (χ4n) is 4.40. The highest BCUT2D eigenvalue weighted by Gasteiger charge is 2.50. The van der Waals surface area contributed by atoms with Crippen LogP contribution in [0.25, 0.3) is 0 Å². The van der Waals surface area contributed by atoms with Crippen molar-refractivity contribution in [2.24, 2.45) is 0 Å². The molecule has 4 rings (SSSR count). The van der Waals surface area contributed by atoms with Gasteiger partial charge in [0.05, 0.1) is 16.5 Å². The van der Waals surface area contributed by atoms with Crippen molar-refractivity contribution in [3.63, 3.8) is 0 Å². The Morgan fingerprint density at radius 1 is 1.19 bits per heavy atom. The summed E-state index contributed by atoms with van der Waals surface area (Å²) in [6.07, 6.45) is 8.73. The van der Waals surface area contributed by atoms with Gasteiger partial charge in [-0.05, 0) is 49.9 Å². The van der Waals surface area contributed by atoms with Crippen LogP contribution in [0.2, 0.25) is 0 Å². The number of nitrogens with zero attached hydrogens (tertiary/aromatic N) is 2. The van der Waals surface area contributed by atoms with Gasteiger partial charge >= 0.3 is 0 Å². The lowest BCUT2D eigenvalue weighted by Crippen LogP contribution is -2.44. The molecule has 1 aromatic heterocycles. The zero-order valence-corrected chi connectivity index (χ0v) is 13.6. The first-order valence-electron chi connectivity index (χ1n) is 8.04. The number of fused-ring (bicyclic) bond motifs is 2. The van der Waals surface area contributed by atoms with E-state index in [1.165, 1.54) is 53.8 Å². The maximum absolute atomic E-state index is 4.51. The maximum Gasteiger partial charge on any atom is 0.0771 e. The third-order valence-corrected chi connectivity index (χ3v) is 6.38. The highest BCUT2D eigenvalue weighted by Crippen LogP contribution is 2.56. The van der Waals surface area contributed by atoms with E-state index in [0.717, 1.165) is 0 Å². The SMILES string of the molecule is Cc1ccccc1N1[C@@H](C)c2cnsc2C12CCCCC2. The number of para-hydroxylation sites is 1. The summed E-state index contributed by atoms with van der Waals surface area (Å²) in [6, 6.07) is 9.30. The van der Waals surface area contributed by atoms with E-state index in [9.17, 15) is 0 Å². The lowest BCUT2D eigenvalue weighted by Gasteiger charge is -2.45. The van der Waals surface area contributed by atoms with E-state index in [1.54, 1.807) is 11.5 Å². The molecular weight excluding hydrogens is 276 g/mol. The van der Waals surface area contributed by atoms with Gasteiger partial charge in [-0.25, -0.2) is 4.37 Å². The van der Waals surface area contributed by atoms with E-state index < -0.39 is 0 Å². The van der Waals surface area contributed by atoms with Crippen molar-refractivity contribution in [1.82, 2.24) is 4.37 Å². The molecule has 2 aliphatic rings. The van der Waals surface area contributed by atoms with Gasteiger partial charge in [0.15, 0.2) is 0 Å². The molecule has 2 aromatic rings. The number of aromatic nitrogens is 1. The summed E-state index contributed by atoms with van der Waals surface area (Å²) in [5.41, 5.74) is 4.47. The van der Waals surface area contributed by atoms with Crippen LogP contribution in [0.3, 0.4) is 0 Å². The first-order valence-corrected chi connectivity index (χ1v) is 8.81. The molecule has 21 heavy (non-hydrogen) atoms. The number of hydrogen-bond acceptors (Lipinski definition) is 3. The molecular formula is C18H22N2S. The Balaban J connectivity index is 1.89. The first kappa shape index (κ1) is 13.3. The van der Waals surface area contributed by atoms with Crippen LogP contribution in [-0.2, 0) is 5.54 Å². The van der Waals surface area contributed by atoms with E-state index >= 15 is 0 Å². The molecule has 0 unspecified atom stereocenters. The molecule has 2 nitrogen and oxygen atoms in total. The summed E-state index contributed by atoms with van der Waals surface area (Å²) in [5, 5.41) is 0. The minimum atomic E-state index is 0.209. The molecule has 1 atom stereocenters. The van der Waals surface area contributed by atoms with E-state index in [-0.39, 0.29) is 5.54 Å². The van der Waals surface area contributed by atoms with E-state index in [0.29, 0.717) is 6.04 Å². The smallest absolute Gasteiger partial charge is 0.0771 e. The summed E-state index contributed by atoms with van der Waals surface area (Å²) < 4.78 is 4.51. The fourth-order valence-corrected chi connectivity index (χ4v) is 5.47. The van der Waals surface area contributed by atoms with Crippen LogP contribution in [0.1, 0.15) is 61.1 Å². The van der Waals surface area contributed by atoms with Crippen LogP contribution in [0.15, 0.2) is 30.5 Å². The van der Waals surface area contributed by atoms with Gasteiger partial charge in [0.25, 0.3) is 0 Å². The number of rotatable bonds is 1. The molecule has 0 radical (unpaired) electrons. The van der Waals surface area contributed by atoms with Crippen LogP contribution in [0.5, 0.6) is 0 Å². The zero-order valence-electron chi connectivity index (χ0n) is 12.8. The van der Waals surface area contributed by atoms with Gasteiger partial charge in [0.2, 0.25) is 0 Å². The largest absolute Gasteiger partial charge is 0.354 e. The van der Waals surface area contributed by atoms with Gasteiger partial charge in [-0.3, -0.25) is 0 Å². The molecule has 1 fully saturated rings. The van der Waals surface area contributed by atoms with Gasteiger partial charge in [-0.15, -0.1) is 0 Å². The molecule has 0 amide bonds. The summed E-state index contributed by atoms with van der Waals surface area (Å²) in [6.45, 7) is 4.59. The predicted molar refractivity (Wildman–Crippen MR) is 89.0 cm³/mol. The van der Waals surface area contributed by atoms with E-state index in [2.05, 4.69) is 53.6 Å². The quantitative estimate of drug-likeness (QED) is 0.720. The topological polar surface area (TPSA) is 16.1 Å². The minimum absolute atomic E-state index is 0.209. The highest BCUT2D eigenvalue weighted by atomic mass is 32.1. The lowest BCUT2D eigenvalue weighted by molar-refractivity contribution is 0.287. The molecule has 0 bridgehead atoms. The fraction of sp³-hybridized carbons (Fsp3) is 0.500. The third kappa shape index (κ3) is 1.80. The van der Waals surface area contributed by atoms with Crippen molar-refractivity contribution in [1.29, 1.82) is 0 Å². The molecule has 1 spiro atoms. The van der Waals surface area contributed by atoms with Gasteiger partial charge in [0, 0.05) is 17.4 Å². The number of aryl methyl sites for hydroxylation is 1. The summed E-state index contributed by atoms with van der Waals surface area (Å²) >= 11 is 1.73. The van der Waals surface area contributed by atoms with Gasteiger partial charge < -0.3 is 4.90 Å². The molecule has 2 heterocycles. The zero-order chi connectivity index (χ0) is 14.4. The Hall–Kier alpha value is -1.35. The first-order chi connectivity index (χ1) is 10.2. The Morgan fingerprint density at radius 2 is 1.95 bits per heavy atom. The summed E-state index contributed by atoms with van der Waals surface area (Å²) in [7, 11) is 0. The minimum Gasteiger partial charge on any atom is -0.354 e. The Bertz CT molecular complexity index is 655. The van der Waals surface area contributed by atoms with Crippen molar-refractivity contribution in [3.8, 4) is 0 Å². The van der Waals surface area contributed by atoms with Crippen molar-refractivity contribution in [2.45, 2.75) is 57.5 Å². The van der Waals surface area contributed by atoms with E-state index in [4.69, 9.17) is 0 Å². The average Bonchev–Trinajstić information content (AvgIpc) is 3.06. The molecule has 1 saturated carbocycles. The Morgan fingerprint density at radius 3 is 2.71 bits per heavy atom. The van der Waals surface area contributed by atoms with Crippen molar-refractivity contribution >= 4 is 17.2 Å². The predicted octanol–water partition coefficient (Wildman–Crippen LogP) is 5.19. The summed E-state index contributed by atoms with van der Waals surface area (Å²) in [4.78, 5) is 4.25. The number of benzene rings is 1. The second-order valence-electron chi connectivity index (χ2n) is 6.53. The summed E-state index contributed by atoms with van der Waals surface area (Å²) in [5.74, 6) is 0. The maximum atomic E-state index is 4.51. The molecule has 0 N–H and O–H groups in total. The number of hydrogen-bond donors (Lipinski definition) is 0. The van der Waals surface area contributed by atoms with Crippen LogP contribution in [0, 0.1) is 6.92 Å². The van der Waals surface area contributed by atoms with Gasteiger partial charge in [-0.2, -0.15) is 0 Å². The van der Waals surface area contributed by atoms with Crippen molar-refractivity contribution in [2.75, 3.05) is 4.90 Å². The second kappa shape index (κ2) is 4.84. The van der Waals surface area contributed by atoms with Crippen molar-refractivity contribution in [3.05, 3.63) is 46.5 Å². The van der Waals surface area contributed by atoms with Gasteiger partial charge in [-0.1, -0.05) is 37.5 Å². The average molecular weight is 298 g/mol. The molecule has 1 aliphatic carbocycles. The molecule has 3 heteroatoms. The van der Waals surface area contributed by atoms with Crippen LogP contribution in [-0.4, -0.2) is 4.37 Å². The molecule has 0 saturated heterocycles. The third-order valence-electron chi connectivity index (χ3n) is 5.37. The second-order valence-corrected chi connectivity index (χ2v) is 7.34. The molecule has 1 aromatic carbocycles. The monoisotopic (exact) mass is 298 g/mol. The van der Waals surface area contributed by atoms with Crippen LogP contribution >= 0.6 is 11.5 Å². The molecule has 1 aliphatic heterocycles. The van der Waals surface area contributed by atoms with Crippen LogP contribution < -0.4 is 4.90 Å². The Labute approximate surface area is 131 Å². The highest BCUT2D eigenvalue weighted by molar-refractivity contribution is 7.06.